The lowest BCUT2D eigenvalue weighted by Crippen LogP contribution is -2.13. The number of furan rings is 1. The average Bonchev–Trinajstić information content (AvgIpc) is 3.75. The summed E-state index contributed by atoms with van der Waals surface area (Å²) in [6, 6.07) is 69.3. The van der Waals surface area contributed by atoms with E-state index in [1.165, 1.54) is 32.9 Å². The van der Waals surface area contributed by atoms with Crippen molar-refractivity contribution < 1.29 is 4.42 Å². The molecular weight excluding hydrogens is 621 g/mol. The highest BCUT2D eigenvalue weighted by Gasteiger charge is 2.20. The summed E-state index contributed by atoms with van der Waals surface area (Å²) >= 11 is 0. The standard InChI is InChI=1S/C48H32N2O/c1-2-12-33(13-3-1)34-22-27-37(28-23-34)49(38-29-24-35(25-30-38)36-26-31-48-42(32-36)41-16-6-11-21-47(41)51-48)45-19-9-10-20-46(45)50-43-17-7-4-14-39(43)40-15-5-8-18-44(40)50/h1-32H. The van der Waals surface area contributed by atoms with Crippen molar-refractivity contribution in [3.05, 3.63) is 194 Å². The predicted octanol–water partition coefficient (Wildman–Crippen LogP) is 13.5. The van der Waals surface area contributed by atoms with E-state index in [0.717, 1.165) is 55.8 Å². The molecule has 0 N–H and O–H groups in total. The van der Waals surface area contributed by atoms with Crippen LogP contribution in [0.5, 0.6) is 0 Å². The molecule has 0 spiro atoms. The molecular formula is C48H32N2O. The fourth-order valence-electron chi connectivity index (χ4n) is 7.59. The molecule has 51 heavy (non-hydrogen) atoms. The smallest absolute Gasteiger partial charge is 0.135 e. The van der Waals surface area contributed by atoms with Crippen LogP contribution in [0.1, 0.15) is 0 Å². The number of hydrogen-bond donors (Lipinski definition) is 0. The summed E-state index contributed by atoms with van der Waals surface area (Å²) < 4.78 is 8.52. The Labute approximate surface area is 295 Å². The maximum absolute atomic E-state index is 6.12. The molecule has 0 aliphatic rings. The molecule has 0 atom stereocenters. The minimum atomic E-state index is 0.906. The molecule has 2 aromatic heterocycles. The van der Waals surface area contributed by atoms with Crippen molar-refractivity contribution in [2.75, 3.05) is 4.90 Å². The largest absolute Gasteiger partial charge is 0.456 e. The Morgan fingerprint density at radius 1 is 0.353 bits per heavy atom. The zero-order valence-corrected chi connectivity index (χ0v) is 27.8. The lowest BCUT2D eigenvalue weighted by Gasteiger charge is -2.28. The molecule has 0 saturated carbocycles. The summed E-state index contributed by atoms with van der Waals surface area (Å²) in [5.74, 6) is 0. The van der Waals surface area contributed by atoms with Gasteiger partial charge in [-0.2, -0.15) is 0 Å². The van der Waals surface area contributed by atoms with E-state index in [-0.39, 0.29) is 0 Å². The van der Waals surface area contributed by atoms with E-state index in [1.807, 2.05) is 12.1 Å². The van der Waals surface area contributed by atoms with Crippen molar-refractivity contribution in [3.8, 4) is 27.9 Å². The van der Waals surface area contributed by atoms with Crippen LogP contribution in [-0.4, -0.2) is 4.57 Å². The maximum atomic E-state index is 6.12. The lowest BCUT2D eigenvalue weighted by molar-refractivity contribution is 0.669. The van der Waals surface area contributed by atoms with Gasteiger partial charge in [-0.25, -0.2) is 0 Å². The van der Waals surface area contributed by atoms with Crippen molar-refractivity contribution in [3.63, 3.8) is 0 Å². The Bertz CT molecular complexity index is 2790. The quantitative estimate of drug-likeness (QED) is 0.178. The van der Waals surface area contributed by atoms with Gasteiger partial charge in [0.2, 0.25) is 0 Å². The van der Waals surface area contributed by atoms with Gasteiger partial charge in [-0.15, -0.1) is 0 Å². The topological polar surface area (TPSA) is 21.3 Å². The highest BCUT2D eigenvalue weighted by molar-refractivity contribution is 6.10. The van der Waals surface area contributed by atoms with E-state index in [1.54, 1.807) is 0 Å². The first-order valence-electron chi connectivity index (χ1n) is 17.4. The molecule has 0 aliphatic heterocycles. The number of anilines is 3. The third-order valence-electron chi connectivity index (χ3n) is 10.0. The average molecular weight is 653 g/mol. The Kier molecular flexibility index (Phi) is 6.81. The van der Waals surface area contributed by atoms with Crippen LogP contribution >= 0.6 is 0 Å². The summed E-state index contributed by atoms with van der Waals surface area (Å²) in [5, 5.41) is 4.76. The number of fused-ring (bicyclic) bond motifs is 6. The summed E-state index contributed by atoms with van der Waals surface area (Å²) in [4.78, 5) is 2.38. The van der Waals surface area contributed by atoms with Gasteiger partial charge in [-0.3, -0.25) is 0 Å². The number of para-hydroxylation sites is 5. The van der Waals surface area contributed by atoms with Crippen LogP contribution in [0, 0.1) is 0 Å². The van der Waals surface area contributed by atoms with Crippen LogP contribution in [0.3, 0.4) is 0 Å². The molecule has 0 aliphatic carbocycles. The van der Waals surface area contributed by atoms with Gasteiger partial charge in [0.05, 0.1) is 22.4 Å². The first-order chi connectivity index (χ1) is 25.3. The van der Waals surface area contributed by atoms with Crippen LogP contribution in [0.4, 0.5) is 17.1 Å². The van der Waals surface area contributed by atoms with E-state index in [2.05, 4.69) is 191 Å². The van der Waals surface area contributed by atoms with E-state index >= 15 is 0 Å². The first kappa shape index (κ1) is 29.1. The fraction of sp³-hybridized carbons (Fsp3) is 0. The molecule has 240 valence electrons. The van der Waals surface area contributed by atoms with Crippen molar-refractivity contribution in [1.29, 1.82) is 0 Å². The third-order valence-corrected chi connectivity index (χ3v) is 10.0. The van der Waals surface area contributed by atoms with Gasteiger partial charge in [0.1, 0.15) is 11.2 Å². The SMILES string of the molecule is c1ccc(-c2ccc(N(c3ccc(-c4ccc5oc6ccccc6c5c4)cc3)c3ccccc3-n3c4ccccc4c4ccccc43)cc2)cc1. The van der Waals surface area contributed by atoms with Crippen LogP contribution in [0.15, 0.2) is 199 Å². The van der Waals surface area contributed by atoms with E-state index in [4.69, 9.17) is 4.42 Å². The molecule has 3 nitrogen and oxygen atoms in total. The van der Waals surface area contributed by atoms with Gasteiger partial charge in [-0.1, -0.05) is 127 Å². The second-order valence-electron chi connectivity index (χ2n) is 13.0. The van der Waals surface area contributed by atoms with Crippen molar-refractivity contribution in [1.82, 2.24) is 4.57 Å². The number of rotatable bonds is 6. The second kappa shape index (κ2) is 11.9. The van der Waals surface area contributed by atoms with Gasteiger partial charge < -0.3 is 13.9 Å². The zero-order valence-electron chi connectivity index (χ0n) is 27.8. The Balaban J connectivity index is 1.14. The molecule has 0 amide bonds. The monoisotopic (exact) mass is 652 g/mol. The summed E-state index contributed by atoms with van der Waals surface area (Å²) in [6.45, 7) is 0. The fourth-order valence-corrected chi connectivity index (χ4v) is 7.59. The van der Waals surface area contributed by atoms with Gasteiger partial charge in [0.25, 0.3) is 0 Å². The highest BCUT2D eigenvalue weighted by Crippen LogP contribution is 2.42. The molecule has 8 aromatic carbocycles. The molecule has 10 rings (SSSR count). The van der Waals surface area contributed by atoms with Gasteiger partial charge in [-0.05, 0) is 89.0 Å². The van der Waals surface area contributed by atoms with Gasteiger partial charge in [0.15, 0.2) is 0 Å². The van der Waals surface area contributed by atoms with Gasteiger partial charge in [0, 0.05) is 32.9 Å². The molecule has 0 unspecified atom stereocenters. The third kappa shape index (κ3) is 4.90. The molecule has 0 fully saturated rings. The normalized spacial score (nSPS) is 11.5. The first-order valence-corrected chi connectivity index (χ1v) is 17.4. The van der Waals surface area contributed by atoms with E-state index in [0.29, 0.717) is 0 Å². The van der Waals surface area contributed by atoms with E-state index in [9.17, 15) is 0 Å². The van der Waals surface area contributed by atoms with Crippen LogP contribution in [-0.2, 0) is 0 Å². The number of hydrogen-bond acceptors (Lipinski definition) is 2. The predicted molar refractivity (Wildman–Crippen MR) is 214 cm³/mol. The molecule has 0 bridgehead atoms. The Morgan fingerprint density at radius 2 is 0.843 bits per heavy atom. The molecule has 10 aromatic rings. The van der Waals surface area contributed by atoms with E-state index < -0.39 is 0 Å². The molecule has 0 saturated heterocycles. The van der Waals surface area contributed by atoms with Crippen molar-refractivity contribution in [2.24, 2.45) is 0 Å². The second-order valence-corrected chi connectivity index (χ2v) is 13.0. The van der Waals surface area contributed by atoms with Crippen molar-refractivity contribution in [2.45, 2.75) is 0 Å². The summed E-state index contributed by atoms with van der Waals surface area (Å²) in [7, 11) is 0. The van der Waals surface area contributed by atoms with Crippen molar-refractivity contribution >= 4 is 60.8 Å². The maximum Gasteiger partial charge on any atom is 0.135 e. The Morgan fingerprint density at radius 3 is 1.53 bits per heavy atom. The number of benzene rings is 8. The Hall–Kier alpha value is -6.84. The minimum absolute atomic E-state index is 0.906. The highest BCUT2D eigenvalue weighted by atomic mass is 16.3. The zero-order chi connectivity index (χ0) is 33.7. The van der Waals surface area contributed by atoms with Crippen LogP contribution in [0.2, 0.25) is 0 Å². The van der Waals surface area contributed by atoms with Gasteiger partial charge >= 0.3 is 0 Å². The summed E-state index contributed by atoms with van der Waals surface area (Å²) in [5.41, 5.74) is 13.3. The van der Waals surface area contributed by atoms with Crippen LogP contribution in [0.25, 0.3) is 71.7 Å². The summed E-state index contributed by atoms with van der Waals surface area (Å²) in [6.07, 6.45) is 0. The molecule has 3 heteroatoms. The molecule has 0 radical (unpaired) electrons. The number of nitrogens with zero attached hydrogens (tertiary/aromatic N) is 2. The lowest BCUT2D eigenvalue weighted by atomic mass is 10.0. The minimum Gasteiger partial charge on any atom is -0.456 e. The molecule has 2 heterocycles. The number of aromatic nitrogens is 1. The van der Waals surface area contributed by atoms with Crippen LogP contribution < -0.4 is 4.90 Å².